The van der Waals surface area contributed by atoms with Crippen LogP contribution >= 0.6 is 12.4 Å². The molecule has 0 radical (unpaired) electrons. The van der Waals surface area contributed by atoms with Crippen molar-refractivity contribution < 1.29 is 14.6 Å². The zero-order valence-electron chi connectivity index (χ0n) is 16.4. The molecule has 5 heteroatoms. The average molecular weight is 394 g/mol. The van der Waals surface area contributed by atoms with E-state index in [4.69, 9.17) is 4.74 Å². The van der Waals surface area contributed by atoms with E-state index in [0.29, 0.717) is 12.1 Å². The zero-order chi connectivity index (χ0) is 18.8. The Morgan fingerprint density at radius 3 is 2.48 bits per heavy atom. The van der Waals surface area contributed by atoms with Gasteiger partial charge in [-0.05, 0) is 37.9 Å². The minimum atomic E-state index is -0.402. The number of halogens is 1. The van der Waals surface area contributed by atoms with Gasteiger partial charge in [-0.25, -0.2) is 0 Å². The first-order valence-corrected chi connectivity index (χ1v) is 9.80. The van der Waals surface area contributed by atoms with Crippen molar-refractivity contribution in [1.29, 1.82) is 0 Å². The average Bonchev–Trinajstić information content (AvgIpc) is 2.67. The van der Waals surface area contributed by atoms with Gasteiger partial charge in [0.2, 0.25) is 0 Å². The van der Waals surface area contributed by atoms with Crippen LogP contribution in [0.2, 0.25) is 0 Å². The van der Waals surface area contributed by atoms with Crippen LogP contribution in [0.3, 0.4) is 0 Å². The Labute approximate surface area is 169 Å². The Morgan fingerprint density at radius 1 is 1.19 bits per heavy atom. The van der Waals surface area contributed by atoms with Crippen molar-refractivity contribution in [3.63, 3.8) is 0 Å². The molecule has 1 aliphatic rings. The van der Waals surface area contributed by atoms with Gasteiger partial charge >= 0.3 is 5.97 Å². The lowest BCUT2D eigenvalue weighted by Gasteiger charge is -2.29. The predicted octanol–water partition coefficient (Wildman–Crippen LogP) is 4.37. The summed E-state index contributed by atoms with van der Waals surface area (Å²) in [5.41, 5.74) is 0.681. The molecule has 0 amide bonds. The maximum atomic E-state index is 12.8. The third-order valence-corrected chi connectivity index (χ3v) is 5.26. The first kappa shape index (κ1) is 23.3. The number of carbonyl (C=O) groups excluding carboxylic acids is 1. The molecule has 0 bridgehead atoms. The molecule has 0 aliphatic heterocycles. The van der Waals surface area contributed by atoms with Gasteiger partial charge in [-0.3, -0.25) is 9.69 Å². The predicted molar refractivity (Wildman–Crippen MR) is 111 cm³/mol. The molecule has 2 rings (SSSR count). The van der Waals surface area contributed by atoms with Crippen LogP contribution < -0.4 is 0 Å². The summed E-state index contributed by atoms with van der Waals surface area (Å²) in [6, 6.07) is 7.12. The van der Waals surface area contributed by atoms with E-state index in [1.165, 1.54) is 6.42 Å². The number of hydrogen-bond acceptors (Lipinski definition) is 4. The highest BCUT2D eigenvalue weighted by molar-refractivity contribution is 5.85. The SMILES string of the molecule is CCN(CC)CC#CCOC(=O)C(c1ccccc1O)C1CCCCC1.Cl. The number of esters is 1. The molecule has 1 N–H and O–H groups in total. The number of phenols is 1. The molecule has 0 aromatic heterocycles. The molecule has 0 saturated heterocycles. The van der Waals surface area contributed by atoms with Gasteiger partial charge in [0.1, 0.15) is 5.75 Å². The van der Waals surface area contributed by atoms with E-state index in [1.807, 2.05) is 12.1 Å². The van der Waals surface area contributed by atoms with Crippen LogP contribution in [0.25, 0.3) is 0 Å². The lowest BCUT2D eigenvalue weighted by Crippen LogP contribution is -2.26. The first-order valence-electron chi connectivity index (χ1n) is 9.80. The normalized spacial score (nSPS) is 15.4. The van der Waals surface area contributed by atoms with Gasteiger partial charge in [0, 0.05) is 5.56 Å². The second kappa shape index (κ2) is 12.6. The molecular weight excluding hydrogens is 362 g/mol. The molecule has 0 heterocycles. The van der Waals surface area contributed by atoms with Crippen molar-refractivity contribution in [3.8, 4) is 17.6 Å². The molecule has 0 spiro atoms. The molecular formula is C22H32ClNO3. The van der Waals surface area contributed by atoms with Gasteiger partial charge in [-0.1, -0.05) is 63.1 Å². The summed E-state index contributed by atoms with van der Waals surface area (Å²) < 4.78 is 5.47. The summed E-state index contributed by atoms with van der Waals surface area (Å²) in [7, 11) is 0. The number of para-hydroxylation sites is 1. The highest BCUT2D eigenvalue weighted by atomic mass is 35.5. The Hall–Kier alpha value is -1.70. The van der Waals surface area contributed by atoms with Crippen LogP contribution in [0.1, 0.15) is 57.4 Å². The topological polar surface area (TPSA) is 49.8 Å². The number of rotatable bonds is 7. The molecule has 1 fully saturated rings. The second-order valence-corrected chi connectivity index (χ2v) is 6.86. The second-order valence-electron chi connectivity index (χ2n) is 6.86. The Morgan fingerprint density at radius 2 is 1.85 bits per heavy atom. The summed E-state index contributed by atoms with van der Waals surface area (Å²) in [6.07, 6.45) is 5.48. The highest BCUT2D eigenvalue weighted by Gasteiger charge is 2.33. The third kappa shape index (κ3) is 7.08. The van der Waals surface area contributed by atoms with Crippen LogP contribution in [0.5, 0.6) is 5.75 Å². The van der Waals surface area contributed by atoms with Crippen molar-refractivity contribution in [3.05, 3.63) is 29.8 Å². The molecule has 150 valence electrons. The van der Waals surface area contributed by atoms with Crippen molar-refractivity contribution in [2.45, 2.75) is 51.9 Å². The van der Waals surface area contributed by atoms with Crippen LogP contribution in [0.15, 0.2) is 24.3 Å². The van der Waals surface area contributed by atoms with Gasteiger partial charge in [-0.15, -0.1) is 12.4 Å². The molecule has 1 aliphatic carbocycles. The standard InChI is InChI=1S/C22H31NO3.ClH/c1-3-23(4-2)16-10-11-17-26-22(25)21(18-12-6-5-7-13-18)19-14-8-9-15-20(19)24;/h8-9,14-15,18,21,24H,3-7,12-13,16-17H2,1-2H3;1H. The maximum absolute atomic E-state index is 12.8. The lowest BCUT2D eigenvalue weighted by atomic mass is 9.76. The number of ether oxygens (including phenoxy) is 1. The molecule has 1 saturated carbocycles. The van der Waals surface area contributed by atoms with Gasteiger partial charge < -0.3 is 9.84 Å². The van der Waals surface area contributed by atoms with Crippen LogP contribution in [-0.2, 0) is 9.53 Å². The molecule has 1 aromatic rings. The lowest BCUT2D eigenvalue weighted by molar-refractivity contribution is -0.145. The fourth-order valence-electron chi connectivity index (χ4n) is 3.65. The van der Waals surface area contributed by atoms with Gasteiger partial charge in [0.05, 0.1) is 12.5 Å². The zero-order valence-corrected chi connectivity index (χ0v) is 17.3. The quantitative estimate of drug-likeness (QED) is 0.552. The van der Waals surface area contributed by atoms with E-state index >= 15 is 0 Å². The minimum absolute atomic E-state index is 0. The van der Waals surface area contributed by atoms with E-state index in [2.05, 4.69) is 30.6 Å². The van der Waals surface area contributed by atoms with Crippen LogP contribution in [-0.4, -0.2) is 42.2 Å². The fourth-order valence-corrected chi connectivity index (χ4v) is 3.65. The number of hydrogen-bond donors (Lipinski definition) is 1. The molecule has 27 heavy (non-hydrogen) atoms. The van der Waals surface area contributed by atoms with E-state index < -0.39 is 5.92 Å². The maximum Gasteiger partial charge on any atom is 0.314 e. The van der Waals surface area contributed by atoms with Crippen molar-refractivity contribution in [2.24, 2.45) is 5.92 Å². The Bertz CT molecular complexity index is 628. The van der Waals surface area contributed by atoms with Gasteiger partial charge in [0.15, 0.2) is 6.61 Å². The summed E-state index contributed by atoms with van der Waals surface area (Å²) in [5, 5.41) is 10.2. The van der Waals surface area contributed by atoms with Crippen molar-refractivity contribution >= 4 is 18.4 Å². The molecule has 4 nitrogen and oxygen atoms in total. The highest BCUT2D eigenvalue weighted by Crippen LogP contribution is 2.39. The summed E-state index contributed by atoms with van der Waals surface area (Å²) in [4.78, 5) is 15.0. The summed E-state index contributed by atoms with van der Waals surface area (Å²) in [6.45, 7) is 6.93. The largest absolute Gasteiger partial charge is 0.508 e. The van der Waals surface area contributed by atoms with Crippen LogP contribution in [0.4, 0.5) is 0 Å². The van der Waals surface area contributed by atoms with E-state index in [-0.39, 0.29) is 36.7 Å². The van der Waals surface area contributed by atoms with E-state index in [9.17, 15) is 9.90 Å². The minimum Gasteiger partial charge on any atom is -0.508 e. The van der Waals surface area contributed by atoms with E-state index in [1.54, 1.807) is 12.1 Å². The number of nitrogens with zero attached hydrogens (tertiary/aromatic N) is 1. The van der Waals surface area contributed by atoms with Gasteiger partial charge in [0.25, 0.3) is 0 Å². The monoisotopic (exact) mass is 393 g/mol. The van der Waals surface area contributed by atoms with E-state index in [0.717, 1.165) is 38.8 Å². The Kier molecular flexibility index (Phi) is 10.9. The number of phenolic OH excluding ortho intramolecular Hbond substituents is 1. The van der Waals surface area contributed by atoms with Gasteiger partial charge in [-0.2, -0.15) is 0 Å². The summed E-state index contributed by atoms with van der Waals surface area (Å²) in [5.74, 6) is 5.74. The third-order valence-electron chi connectivity index (χ3n) is 5.26. The number of aromatic hydroxyl groups is 1. The summed E-state index contributed by atoms with van der Waals surface area (Å²) >= 11 is 0. The molecule has 1 unspecified atom stereocenters. The fraction of sp³-hybridized carbons (Fsp3) is 0.591. The molecule has 1 aromatic carbocycles. The number of carbonyl (C=O) groups is 1. The first-order chi connectivity index (χ1) is 12.7. The Balaban J connectivity index is 0.00000364. The number of benzene rings is 1. The van der Waals surface area contributed by atoms with Crippen molar-refractivity contribution in [2.75, 3.05) is 26.2 Å². The smallest absolute Gasteiger partial charge is 0.314 e. The molecule has 1 atom stereocenters. The van der Waals surface area contributed by atoms with Crippen LogP contribution in [0, 0.1) is 17.8 Å². The van der Waals surface area contributed by atoms with Crippen molar-refractivity contribution in [1.82, 2.24) is 4.90 Å².